The number of aryl methyl sites for hydroxylation is 2. The molecule has 0 radical (unpaired) electrons. The van der Waals surface area contributed by atoms with Gasteiger partial charge in [0, 0.05) is 25.7 Å². The van der Waals surface area contributed by atoms with Gasteiger partial charge in [-0.3, -0.25) is 4.90 Å². The molecule has 24 heavy (non-hydrogen) atoms. The highest BCUT2D eigenvalue weighted by atomic mass is 16.3. The molecule has 132 valence electrons. The molecule has 0 atom stereocenters. The summed E-state index contributed by atoms with van der Waals surface area (Å²) in [4.78, 5) is 14.7. The average Bonchev–Trinajstić information content (AvgIpc) is 2.94. The normalized spacial score (nSPS) is 15.9. The second kappa shape index (κ2) is 7.94. The lowest BCUT2D eigenvalue weighted by Gasteiger charge is -2.35. The third-order valence-electron chi connectivity index (χ3n) is 4.79. The van der Waals surface area contributed by atoms with Crippen molar-refractivity contribution < 1.29 is 5.11 Å². The van der Waals surface area contributed by atoms with Crippen LogP contribution in [0.5, 0.6) is 0 Å². The first-order valence-electron chi connectivity index (χ1n) is 9.20. The van der Waals surface area contributed by atoms with E-state index in [4.69, 9.17) is 10.7 Å². The van der Waals surface area contributed by atoms with Crippen molar-refractivity contribution in [3.05, 3.63) is 17.6 Å². The summed E-state index contributed by atoms with van der Waals surface area (Å²) in [6.07, 6.45) is 9.61. The summed E-state index contributed by atoms with van der Waals surface area (Å²) in [6.45, 7) is 4.96. The Morgan fingerprint density at radius 3 is 2.79 bits per heavy atom. The monoisotopic (exact) mass is 331 g/mol. The molecule has 2 aromatic heterocycles. The Bertz CT molecular complexity index is 663. The largest absolute Gasteiger partial charge is 0.390 e. The highest BCUT2D eigenvalue weighted by Crippen LogP contribution is 2.23. The van der Waals surface area contributed by atoms with Crippen LogP contribution in [0.15, 0.2) is 6.20 Å². The van der Waals surface area contributed by atoms with Crippen LogP contribution in [-0.4, -0.2) is 50.7 Å². The van der Waals surface area contributed by atoms with E-state index in [1.807, 2.05) is 6.20 Å². The SMILES string of the molecule is CCCCc1nc(N)c2[nH]cc(CCCCCN3CC(O)C3)c2n1. The first-order chi connectivity index (χ1) is 11.7. The van der Waals surface area contributed by atoms with Crippen LogP contribution in [-0.2, 0) is 12.8 Å². The van der Waals surface area contributed by atoms with Crippen LogP contribution in [0.25, 0.3) is 11.0 Å². The average molecular weight is 331 g/mol. The van der Waals surface area contributed by atoms with Crippen LogP contribution in [0.4, 0.5) is 5.82 Å². The van der Waals surface area contributed by atoms with Crippen molar-refractivity contribution in [2.45, 2.75) is 58.0 Å². The minimum Gasteiger partial charge on any atom is -0.390 e. The summed E-state index contributed by atoms with van der Waals surface area (Å²) in [5.74, 6) is 1.42. The number of nitrogens with zero attached hydrogens (tertiary/aromatic N) is 3. The topological polar surface area (TPSA) is 91.1 Å². The number of nitrogen functional groups attached to an aromatic ring is 1. The molecule has 0 aromatic carbocycles. The van der Waals surface area contributed by atoms with Crippen LogP contribution < -0.4 is 5.73 Å². The van der Waals surface area contributed by atoms with Crippen molar-refractivity contribution in [2.24, 2.45) is 0 Å². The lowest BCUT2D eigenvalue weighted by atomic mass is 10.1. The van der Waals surface area contributed by atoms with Crippen LogP contribution in [0.1, 0.15) is 50.4 Å². The maximum atomic E-state index is 9.28. The fourth-order valence-electron chi connectivity index (χ4n) is 3.32. The molecule has 1 aliphatic rings. The number of unbranched alkanes of at least 4 members (excludes halogenated alkanes) is 3. The van der Waals surface area contributed by atoms with Crippen LogP contribution in [0, 0.1) is 0 Å². The molecule has 0 spiro atoms. The molecule has 0 amide bonds. The summed E-state index contributed by atoms with van der Waals surface area (Å²) < 4.78 is 0. The van der Waals surface area contributed by atoms with Crippen molar-refractivity contribution in [1.82, 2.24) is 19.9 Å². The van der Waals surface area contributed by atoms with E-state index in [0.29, 0.717) is 5.82 Å². The molecule has 1 saturated heterocycles. The maximum Gasteiger partial charge on any atom is 0.151 e. The van der Waals surface area contributed by atoms with Gasteiger partial charge in [-0.2, -0.15) is 0 Å². The smallest absolute Gasteiger partial charge is 0.151 e. The zero-order valence-electron chi connectivity index (χ0n) is 14.6. The minimum atomic E-state index is -0.0942. The van der Waals surface area contributed by atoms with Crippen molar-refractivity contribution in [3.8, 4) is 0 Å². The van der Waals surface area contributed by atoms with Crippen molar-refractivity contribution in [2.75, 3.05) is 25.4 Å². The van der Waals surface area contributed by atoms with Gasteiger partial charge in [0.05, 0.1) is 11.6 Å². The predicted molar refractivity (Wildman–Crippen MR) is 96.9 cm³/mol. The summed E-state index contributed by atoms with van der Waals surface area (Å²) in [5, 5.41) is 9.28. The highest BCUT2D eigenvalue weighted by molar-refractivity contribution is 5.87. The quantitative estimate of drug-likeness (QED) is 0.613. The summed E-state index contributed by atoms with van der Waals surface area (Å²) in [7, 11) is 0. The van der Waals surface area contributed by atoms with Crippen LogP contribution >= 0.6 is 0 Å². The van der Waals surface area contributed by atoms with Crippen molar-refractivity contribution in [1.29, 1.82) is 0 Å². The van der Waals surface area contributed by atoms with Gasteiger partial charge in [0.2, 0.25) is 0 Å². The molecule has 0 saturated carbocycles. The molecule has 0 unspecified atom stereocenters. The molecule has 6 heteroatoms. The van der Waals surface area contributed by atoms with E-state index in [2.05, 4.69) is 21.8 Å². The summed E-state index contributed by atoms with van der Waals surface area (Å²) >= 11 is 0. The number of aromatic amines is 1. The van der Waals surface area contributed by atoms with Gasteiger partial charge in [-0.15, -0.1) is 0 Å². The van der Waals surface area contributed by atoms with Gasteiger partial charge in [-0.25, -0.2) is 9.97 Å². The number of hydrogen-bond donors (Lipinski definition) is 3. The molecular formula is C18H29N5O. The number of likely N-dealkylation sites (tertiary alicyclic amines) is 1. The van der Waals surface area contributed by atoms with Gasteiger partial charge < -0.3 is 15.8 Å². The Kier molecular flexibility index (Phi) is 5.68. The minimum absolute atomic E-state index is 0.0942. The standard InChI is InChI=1S/C18H29N5O/c1-2-3-8-15-21-16-13(10-20-17(16)18(19)22-15)7-5-4-6-9-23-11-14(24)12-23/h10,14,20,24H,2-9,11-12H2,1H3,(H2,19,21,22). The van der Waals surface area contributed by atoms with E-state index in [1.54, 1.807) is 0 Å². The van der Waals surface area contributed by atoms with E-state index in [9.17, 15) is 5.11 Å². The number of β-amino-alcohol motifs (C(OH)–C–C–N with tert-alkyl or cyclic N) is 1. The number of aliphatic hydroxyl groups is 1. The fourth-order valence-corrected chi connectivity index (χ4v) is 3.32. The number of hydrogen-bond acceptors (Lipinski definition) is 5. The maximum absolute atomic E-state index is 9.28. The molecule has 3 heterocycles. The molecule has 6 nitrogen and oxygen atoms in total. The van der Waals surface area contributed by atoms with E-state index in [0.717, 1.165) is 68.6 Å². The Morgan fingerprint density at radius 1 is 1.21 bits per heavy atom. The van der Waals surface area contributed by atoms with Gasteiger partial charge in [-0.05, 0) is 37.8 Å². The Morgan fingerprint density at radius 2 is 2.04 bits per heavy atom. The van der Waals surface area contributed by atoms with E-state index < -0.39 is 0 Å². The number of aliphatic hydroxyl groups excluding tert-OH is 1. The Hall–Kier alpha value is -1.66. The molecule has 4 N–H and O–H groups in total. The number of fused-ring (bicyclic) bond motifs is 1. The second-order valence-electron chi connectivity index (χ2n) is 6.89. The zero-order valence-corrected chi connectivity index (χ0v) is 14.6. The zero-order chi connectivity index (χ0) is 16.9. The van der Waals surface area contributed by atoms with Gasteiger partial charge >= 0.3 is 0 Å². The third kappa shape index (κ3) is 4.05. The third-order valence-corrected chi connectivity index (χ3v) is 4.79. The molecule has 0 bridgehead atoms. The number of H-pyrrole nitrogens is 1. The van der Waals surface area contributed by atoms with Crippen molar-refractivity contribution in [3.63, 3.8) is 0 Å². The molecule has 3 rings (SSSR count). The Labute approximate surface area is 143 Å². The molecule has 1 aliphatic heterocycles. The Balaban J connectivity index is 1.53. The fraction of sp³-hybridized carbons (Fsp3) is 0.667. The molecule has 2 aromatic rings. The van der Waals surface area contributed by atoms with Gasteiger partial charge in [-0.1, -0.05) is 19.8 Å². The number of rotatable bonds is 9. The number of aromatic nitrogens is 3. The summed E-state index contributed by atoms with van der Waals surface area (Å²) in [5.41, 5.74) is 9.20. The van der Waals surface area contributed by atoms with E-state index >= 15 is 0 Å². The lowest BCUT2D eigenvalue weighted by molar-refractivity contribution is 0.00149. The lowest BCUT2D eigenvalue weighted by Crippen LogP contribution is -2.50. The first-order valence-corrected chi connectivity index (χ1v) is 9.20. The van der Waals surface area contributed by atoms with Gasteiger partial charge in [0.15, 0.2) is 5.82 Å². The number of anilines is 1. The molecule has 0 aliphatic carbocycles. The van der Waals surface area contributed by atoms with E-state index in [-0.39, 0.29) is 6.10 Å². The highest BCUT2D eigenvalue weighted by Gasteiger charge is 2.22. The van der Waals surface area contributed by atoms with Crippen LogP contribution in [0.2, 0.25) is 0 Å². The molecular weight excluding hydrogens is 302 g/mol. The number of nitrogens with two attached hydrogens (primary N) is 1. The predicted octanol–water partition coefficient (Wildman–Crippen LogP) is 2.27. The van der Waals surface area contributed by atoms with Crippen molar-refractivity contribution >= 4 is 16.9 Å². The number of nitrogens with one attached hydrogen (secondary N) is 1. The van der Waals surface area contributed by atoms with Gasteiger partial charge in [0.25, 0.3) is 0 Å². The van der Waals surface area contributed by atoms with Crippen LogP contribution in [0.3, 0.4) is 0 Å². The van der Waals surface area contributed by atoms with E-state index in [1.165, 1.54) is 18.4 Å². The molecule has 1 fully saturated rings. The van der Waals surface area contributed by atoms with Gasteiger partial charge in [0.1, 0.15) is 11.3 Å². The summed E-state index contributed by atoms with van der Waals surface area (Å²) in [6, 6.07) is 0. The first kappa shape index (κ1) is 17.2. The second-order valence-corrected chi connectivity index (χ2v) is 6.89.